The number of amides is 2. The quantitative estimate of drug-likeness (QED) is 0.621. The summed E-state index contributed by atoms with van der Waals surface area (Å²) in [6.45, 7) is 3.27. The van der Waals surface area contributed by atoms with Crippen molar-refractivity contribution in [1.29, 1.82) is 5.26 Å². The molecule has 0 aromatic carbocycles. The molecule has 2 aliphatic carbocycles. The first kappa shape index (κ1) is 20.2. The van der Waals surface area contributed by atoms with Gasteiger partial charge in [-0.05, 0) is 31.7 Å². The summed E-state index contributed by atoms with van der Waals surface area (Å²) in [5.74, 6) is 0. The highest BCUT2D eigenvalue weighted by Crippen LogP contribution is 2.45. The maximum absolute atomic E-state index is 12.3. The van der Waals surface area contributed by atoms with Gasteiger partial charge in [0.2, 0.25) is 0 Å². The monoisotopic (exact) mass is 445 g/mol. The Bertz CT molecular complexity index is 1210. The second-order valence-corrected chi connectivity index (χ2v) is 9.50. The Morgan fingerprint density at radius 1 is 1.24 bits per heavy atom. The highest BCUT2D eigenvalue weighted by atomic mass is 16.2. The topological polar surface area (TPSA) is 119 Å². The molecule has 0 atom stereocenters. The van der Waals surface area contributed by atoms with E-state index in [-0.39, 0.29) is 11.6 Å². The van der Waals surface area contributed by atoms with Crippen LogP contribution in [-0.2, 0) is 5.54 Å². The van der Waals surface area contributed by atoms with Gasteiger partial charge in [-0.1, -0.05) is 0 Å². The Morgan fingerprint density at radius 3 is 2.82 bits per heavy atom. The number of nitriles is 1. The first-order valence-corrected chi connectivity index (χ1v) is 11.7. The molecule has 0 spiro atoms. The minimum Gasteiger partial charge on any atom is -0.346 e. The number of hydrogen-bond acceptors (Lipinski definition) is 6. The van der Waals surface area contributed by atoms with Crippen LogP contribution in [0, 0.1) is 11.3 Å². The van der Waals surface area contributed by atoms with Crippen LogP contribution in [0.15, 0.2) is 31.0 Å². The molecule has 0 unspecified atom stereocenters. The van der Waals surface area contributed by atoms with Gasteiger partial charge in [0.25, 0.3) is 0 Å². The van der Waals surface area contributed by atoms with Gasteiger partial charge in [-0.25, -0.2) is 14.8 Å². The summed E-state index contributed by atoms with van der Waals surface area (Å²) in [4.78, 5) is 28.6. The molecule has 0 radical (unpaired) electrons. The van der Waals surface area contributed by atoms with Gasteiger partial charge >= 0.3 is 6.03 Å². The van der Waals surface area contributed by atoms with Crippen molar-refractivity contribution >= 4 is 17.1 Å². The van der Waals surface area contributed by atoms with Gasteiger partial charge in [0, 0.05) is 61.6 Å². The molecule has 1 saturated heterocycles. The van der Waals surface area contributed by atoms with Crippen molar-refractivity contribution in [2.75, 3.05) is 26.2 Å². The van der Waals surface area contributed by atoms with Crippen LogP contribution in [0.4, 0.5) is 4.79 Å². The van der Waals surface area contributed by atoms with E-state index in [1.54, 1.807) is 6.33 Å². The lowest BCUT2D eigenvalue weighted by atomic mass is 9.70. The third-order valence-corrected chi connectivity index (χ3v) is 7.36. The Labute approximate surface area is 191 Å². The molecular weight excluding hydrogens is 418 g/mol. The third-order valence-electron chi connectivity index (χ3n) is 7.36. The summed E-state index contributed by atoms with van der Waals surface area (Å²) < 4.78 is 1.97. The lowest BCUT2D eigenvalue weighted by Gasteiger charge is -2.52. The molecule has 3 aromatic heterocycles. The standard InChI is InChI=1S/C23H27N9O/c24-5-4-23(32-14-16(13-28-32)20-19-3-6-25-21(19)27-15-26-20)11-18(12-23)30-7-9-31(10-8-30)22(33)29-17-1-2-17/h3,6,13-15,17-18H,1-2,4,7-12H2,(H,29,33)(H,25,26,27)/t18-,23-. The van der Waals surface area contributed by atoms with Crippen LogP contribution in [0.25, 0.3) is 22.3 Å². The molecule has 33 heavy (non-hydrogen) atoms. The second-order valence-electron chi connectivity index (χ2n) is 9.50. The van der Waals surface area contributed by atoms with Crippen molar-refractivity contribution in [2.24, 2.45) is 0 Å². The van der Waals surface area contributed by atoms with E-state index in [4.69, 9.17) is 0 Å². The molecule has 4 heterocycles. The highest BCUT2D eigenvalue weighted by molar-refractivity contribution is 5.90. The van der Waals surface area contributed by atoms with E-state index >= 15 is 0 Å². The SMILES string of the molecule is N#CC[C@]1(n2cc(-c3ncnc4[nH]ccc34)cn2)C[C@H](N2CCN(C(=O)NC3CC3)CC2)C1. The summed E-state index contributed by atoms with van der Waals surface area (Å²) in [6, 6.07) is 5.23. The van der Waals surface area contributed by atoms with E-state index in [0.29, 0.717) is 18.5 Å². The van der Waals surface area contributed by atoms with Crippen molar-refractivity contribution in [3.8, 4) is 17.3 Å². The van der Waals surface area contributed by atoms with Gasteiger partial charge in [0.15, 0.2) is 0 Å². The second kappa shape index (κ2) is 7.85. The number of piperazine rings is 1. The van der Waals surface area contributed by atoms with E-state index in [0.717, 1.165) is 74.2 Å². The number of aromatic nitrogens is 5. The fraction of sp³-hybridized carbons (Fsp3) is 0.522. The third kappa shape index (κ3) is 3.62. The summed E-state index contributed by atoms with van der Waals surface area (Å²) >= 11 is 0. The predicted octanol–water partition coefficient (Wildman–Crippen LogP) is 2.08. The van der Waals surface area contributed by atoms with Gasteiger partial charge in [-0.3, -0.25) is 9.58 Å². The summed E-state index contributed by atoms with van der Waals surface area (Å²) in [6.07, 6.45) is 11.7. The number of nitrogens with one attached hydrogen (secondary N) is 2. The molecule has 0 bridgehead atoms. The van der Waals surface area contributed by atoms with Crippen molar-refractivity contribution in [1.82, 2.24) is 39.8 Å². The van der Waals surface area contributed by atoms with Crippen LogP contribution in [0.3, 0.4) is 0 Å². The molecule has 2 amide bonds. The van der Waals surface area contributed by atoms with Crippen LogP contribution >= 0.6 is 0 Å². The van der Waals surface area contributed by atoms with Crippen molar-refractivity contribution < 1.29 is 4.79 Å². The summed E-state index contributed by atoms with van der Waals surface area (Å²) in [5.41, 5.74) is 2.28. The summed E-state index contributed by atoms with van der Waals surface area (Å²) in [5, 5.41) is 18.3. The molecule has 6 rings (SSSR count). The van der Waals surface area contributed by atoms with Crippen LogP contribution < -0.4 is 5.32 Å². The van der Waals surface area contributed by atoms with Crippen LogP contribution in [-0.4, -0.2) is 78.8 Å². The lowest BCUT2D eigenvalue weighted by molar-refractivity contribution is -0.0129. The number of rotatable bonds is 5. The molecule has 10 heteroatoms. The summed E-state index contributed by atoms with van der Waals surface area (Å²) in [7, 11) is 0. The molecule has 3 fully saturated rings. The van der Waals surface area contributed by atoms with Crippen molar-refractivity contribution in [3.05, 3.63) is 31.0 Å². The molecule has 3 aliphatic rings. The maximum atomic E-state index is 12.3. The Hall–Kier alpha value is -3.45. The zero-order chi connectivity index (χ0) is 22.4. The largest absolute Gasteiger partial charge is 0.346 e. The number of aromatic amines is 1. The number of urea groups is 1. The molecule has 3 aromatic rings. The van der Waals surface area contributed by atoms with Gasteiger partial charge in [0.05, 0.1) is 29.9 Å². The lowest BCUT2D eigenvalue weighted by Crippen LogP contribution is -2.61. The zero-order valence-electron chi connectivity index (χ0n) is 18.4. The molecule has 1 aliphatic heterocycles. The Kier molecular flexibility index (Phi) is 4.80. The van der Waals surface area contributed by atoms with Crippen LogP contribution in [0.2, 0.25) is 0 Å². The number of carbonyl (C=O) groups is 1. The van der Waals surface area contributed by atoms with E-state index in [2.05, 4.69) is 36.3 Å². The smallest absolute Gasteiger partial charge is 0.317 e. The van der Waals surface area contributed by atoms with Gasteiger partial charge in [0.1, 0.15) is 12.0 Å². The fourth-order valence-electron chi connectivity index (χ4n) is 5.23. The van der Waals surface area contributed by atoms with E-state index < -0.39 is 0 Å². The number of nitrogens with zero attached hydrogens (tertiary/aromatic N) is 7. The zero-order valence-corrected chi connectivity index (χ0v) is 18.4. The normalized spacial score (nSPS) is 25.5. The minimum absolute atomic E-state index is 0.0786. The van der Waals surface area contributed by atoms with E-state index in [1.165, 1.54) is 0 Å². The molecule has 10 nitrogen and oxygen atoms in total. The average molecular weight is 446 g/mol. The molecule has 2 N–H and O–H groups in total. The number of H-pyrrole nitrogens is 1. The fourth-order valence-corrected chi connectivity index (χ4v) is 5.23. The Morgan fingerprint density at radius 2 is 2.06 bits per heavy atom. The van der Waals surface area contributed by atoms with E-state index in [9.17, 15) is 10.1 Å². The maximum Gasteiger partial charge on any atom is 0.317 e. The molecular formula is C23H27N9O. The first-order chi connectivity index (χ1) is 16.1. The van der Waals surface area contributed by atoms with Crippen molar-refractivity contribution in [2.45, 2.75) is 49.7 Å². The first-order valence-electron chi connectivity index (χ1n) is 11.7. The van der Waals surface area contributed by atoms with Crippen LogP contribution in [0.5, 0.6) is 0 Å². The van der Waals surface area contributed by atoms with Crippen LogP contribution in [0.1, 0.15) is 32.1 Å². The highest BCUT2D eigenvalue weighted by Gasteiger charge is 2.49. The average Bonchev–Trinajstić information content (AvgIpc) is 3.28. The van der Waals surface area contributed by atoms with Gasteiger partial charge in [-0.2, -0.15) is 10.4 Å². The van der Waals surface area contributed by atoms with Gasteiger partial charge < -0.3 is 15.2 Å². The number of fused-ring (bicyclic) bond motifs is 1. The molecule has 2 saturated carbocycles. The minimum atomic E-state index is -0.289. The van der Waals surface area contributed by atoms with Crippen molar-refractivity contribution in [3.63, 3.8) is 0 Å². The number of hydrogen-bond donors (Lipinski definition) is 2. The molecule has 170 valence electrons. The number of carbonyl (C=O) groups excluding carboxylic acids is 1. The van der Waals surface area contributed by atoms with E-state index in [1.807, 2.05) is 34.2 Å². The predicted molar refractivity (Wildman–Crippen MR) is 121 cm³/mol. The van der Waals surface area contributed by atoms with Gasteiger partial charge in [-0.15, -0.1) is 0 Å². The Balaban J connectivity index is 1.13.